The van der Waals surface area contributed by atoms with Crippen molar-refractivity contribution >= 4 is 10.9 Å². The minimum absolute atomic E-state index is 0.206. The summed E-state index contributed by atoms with van der Waals surface area (Å²) in [5.41, 5.74) is 0.691. The van der Waals surface area contributed by atoms with Gasteiger partial charge in [-0.1, -0.05) is 0 Å². The summed E-state index contributed by atoms with van der Waals surface area (Å²) in [7, 11) is 0. The summed E-state index contributed by atoms with van der Waals surface area (Å²) in [5.74, 6) is -1.32. The van der Waals surface area contributed by atoms with Gasteiger partial charge in [-0.3, -0.25) is 14.7 Å². The van der Waals surface area contributed by atoms with Gasteiger partial charge in [0.25, 0.3) is 11.1 Å². The lowest BCUT2D eigenvalue weighted by Crippen LogP contribution is -2.22. The fourth-order valence-electron chi connectivity index (χ4n) is 2.62. The molecule has 2 heterocycles. The molecule has 0 saturated carbocycles. The number of nitrogens with zero attached hydrogens (tertiary/aromatic N) is 2. The van der Waals surface area contributed by atoms with E-state index in [9.17, 15) is 19.1 Å². The van der Waals surface area contributed by atoms with Crippen molar-refractivity contribution < 1.29 is 9.50 Å². The Morgan fingerprint density at radius 1 is 1.27 bits per heavy atom. The third-order valence-corrected chi connectivity index (χ3v) is 3.72. The number of H-pyrrole nitrogens is 1. The molecule has 1 aromatic carbocycles. The summed E-state index contributed by atoms with van der Waals surface area (Å²) in [6.45, 7) is 3.99. The molecule has 0 aliphatic carbocycles. The van der Waals surface area contributed by atoms with Crippen LogP contribution < -0.4 is 11.1 Å². The molecule has 0 atom stereocenters. The number of hydrogen-bond acceptors (Lipinski definition) is 3. The molecule has 6 nitrogen and oxygen atoms in total. The van der Waals surface area contributed by atoms with E-state index in [1.807, 2.05) is 6.92 Å². The van der Waals surface area contributed by atoms with E-state index >= 15 is 0 Å². The molecular weight excluding hydrogens is 289 g/mol. The number of aryl methyl sites for hydroxylation is 1. The Labute approximate surface area is 124 Å². The highest BCUT2D eigenvalue weighted by atomic mass is 19.1. The number of fused-ring (bicyclic) bond motifs is 1. The Balaban J connectivity index is 2.35. The molecule has 0 bridgehead atoms. The summed E-state index contributed by atoms with van der Waals surface area (Å²) in [4.78, 5) is 24.5. The van der Waals surface area contributed by atoms with Gasteiger partial charge in [0.05, 0.1) is 16.6 Å². The fraction of sp³-hybridized carbons (Fsp3) is 0.200. The van der Waals surface area contributed by atoms with Crippen LogP contribution in [0, 0.1) is 12.7 Å². The molecule has 2 aromatic heterocycles. The summed E-state index contributed by atoms with van der Waals surface area (Å²) in [6, 6.07) is 4.94. The van der Waals surface area contributed by atoms with Crippen LogP contribution in [0.5, 0.6) is 5.75 Å². The molecule has 0 unspecified atom stereocenters. The Kier molecular flexibility index (Phi) is 3.13. The van der Waals surface area contributed by atoms with E-state index in [0.717, 1.165) is 12.1 Å². The average Bonchev–Trinajstić information content (AvgIpc) is 2.79. The smallest absolute Gasteiger partial charge is 0.280 e. The number of aromatic nitrogens is 3. The molecule has 3 aromatic rings. The Bertz CT molecular complexity index is 998. The molecule has 3 rings (SSSR count). The lowest BCUT2D eigenvalue weighted by atomic mass is 10.2. The maximum atomic E-state index is 13.1. The van der Waals surface area contributed by atoms with Gasteiger partial charge >= 0.3 is 0 Å². The predicted octanol–water partition coefficient (Wildman–Crippen LogP) is 1.65. The van der Waals surface area contributed by atoms with E-state index in [4.69, 9.17) is 0 Å². The Hall–Kier alpha value is -2.83. The number of rotatable bonds is 2. The van der Waals surface area contributed by atoms with Crippen LogP contribution in [0.1, 0.15) is 12.6 Å². The van der Waals surface area contributed by atoms with Crippen LogP contribution in [0.25, 0.3) is 16.6 Å². The van der Waals surface area contributed by atoms with Crippen LogP contribution in [0.4, 0.5) is 4.39 Å². The minimum atomic E-state index is -0.769. The van der Waals surface area contributed by atoms with Crippen molar-refractivity contribution in [1.29, 1.82) is 0 Å². The molecule has 114 valence electrons. The number of phenolic OH excluding ortho intramolecular Hbond substituents is 1. The monoisotopic (exact) mass is 303 g/mol. The number of aromatic amines is 1. The normalized spacial score (nSPS) is 11.2. The van der Waals surface area contributed by atoms with Gasteiger partial charge in [0.2, 0.25) is 0 Å². The second kappa shape index (κ2) is 4.87. The van der Waals surface area contributed by atoms with Gasteiger partial charge in [0, 0.05) is 24.4 Å². The highest BCUT2D eigenvalue weighted by Gasteiger charge is 2.15. The number of halogens is 1. The van der Waals surface area contributed by atoms with Gasteiger partial charge < -0.3 is 9.67 Å². The largest absolute Gasteiger partial charge is 0.505 e. The SMILES string of the molecule is CCn1c(C)c2c(=O)n(-c3ccc(F)c(O)c3)[nH]c2cc1=O. The van der Waals surface area contributed by atoms with Crippen LogP contribution in [0.3, 0.4) is 0 Å². The van der Waals surface area contributed by atoms with Gasteiger partial charge in [-0.2, -0.15) is 0 Å². The van der Waals surface area contributed by atoms with E-state index < -0.39 is 11.6 Å². The number of pyridine rings is 1. The van der Waals surface area contributed by atoms with Crippen molar-refractivity contribution in [3.8, 4) is 11.4 Å². The van der Waals surface area contributed by atoms with Crippen LogP contribution in [-0.4, -0.2) is 19.5 Å². The van der Waals surface area contributed by atoms with Crippen molar-refractivity contribution in [2.75, 3.05) is 0 Å². The molecule has 0 fully saturated rings. The topological polar surface area (TPSA) is 80.0 Å². The van der Waals surface area contributed by atoms with Crippen molar-refractivity contribution in [1.82, 2.24) is 14.3 Å². The third kappa shape index (κ3) is 1.93. The van der Waals surface area contributed by atoms with Gasteiger partial charge in [0.1, 0.15) is 0 Å². The number of hydrogen-bond donors (Lipinski definition) is 2. The van der Waals surface area contributed by atoms with Crippen LogP contribution in [-0.2, 0) is 6.54 Å². The number of aromatic hydroxyl groups is 1. The number of benzene rings is 1. The molecular formula is C15H14FN3O3. The van der Waals surface area contributed by atoms with E-state index in [-0.39, 0.29) is 16.8 Å². The lowest BCUT2D eigenvalue weighted by Gasteiger charge is -2.05. The van der Waals surface area contributed by atoms with E-state index in [0.29, 0.717) is 23.1 Å². The van der Waals surface area contributed by atoms with Crippen molar-refractivity contribution in [3.63, 3.8) is 0 Å². The standard InChI is InChI=1S/C15H14FN3O3/c1-3-18-8(2)14-11(7-13(18)21)17-19(15(14)22)9-4-5-10(16)12(20)6-9/h4-7,17,20H,3H2,1-2H3. The first-order valence-electron chi connectivity index (χ1n) is 6.78. The second-order valence-electron chi connectivity index (χ2n) is 4.99. The second-order valence-corrected chi connectivity index (χ2v) is 4.99. The van der Waals surface area contributed by atoms with Crippen molar-refractivity contribution in [3.05, 3.63) is 56.5 Å². The summed E-state index contributed by atoms with van der Waals surface area (Å²) < 4.78 is 15.8. The highest BCUT2D eigenvalue weighted by Crippen LogP contribution is 2.19. The maximum Gasteiger partial charge on any atom is 0.280 e. The van der Waals surface area contributed by atoms with Gasteiger partial charge in [0.15, 0.2) is 11.6 Å². The first-order chi connectivity index (χ1) is 10.4. The number of phenols is 1. The molecule has 0 spiro atoms. The predicted molar refractivity (Wildman–Crippen MR) is 80.2 cm³/mol. The molecule has 0 aliphatic heterocycles. The molecule has 0 amide bonds. The number of nitrogens with one attached hydrogen (secondary N) is 1. The summed E-state index contributed by atoms with van der Waals surface area (Å²) in [6.07, 6.45) is 0. The molecule has 22 heavy (non-hydrogen) atoms. The average molecular weight is 303 g/mol. The van der Waals surface area contributed by atoms with E-state index in [1.54, 1.807) is 6.92 Å². The minimum Gasteiger partial charge on any atom is -0.505 e. The third-order valence-electron chi connectivity index (χ3n) is 3.72. The van der Waals surface area contributed by atoms with Crippen LogP contribution >= 0.6 is 0 Å². The Morgan fingerprint density at radius 2 is 2.00 bits per heavy atom. The zero-order chi connectivity index (χ0) is 16.0. The first kappa shape index (κ1) is 14.1. The van der Waals surface area contributed by atoms with Gasteiger partial charge in [-0.15, -0.1) is 0 Å². The summed E-state index contributed by atoms with van der Waals surface area (Å²) >= 11 is 0. The fourth-order valence-corrected chi connectivity index (χ4v) is 2.62. The zero-order valence-electron chi connectivity index (χ0n) is 12.1. The maximum absolute atomic E-state index is 13.1. The van der Waals surface area contributed by atoms with Crippen LogP contribution in [0.2, 0.25) is 0 Å². The first-order valence-corrected chi connectivity index (χ1v) is 6.78. The van der Waals surface area contributed by atoms with Gasteiger partial charge in [-0.05, 0) is 26.0 Å². The van der Waals surface area contributed by atoms with E-state index in [1.165, 1.54) is 21.4 Å². The summed E-state index contributed by atoms with van der Waals surface area (Å²) in [5, 5.41) is 12.7. The van der Waals surface area contributed by atoms with Crippen LogP contribution in [0.15, 0.2) is 33.9 Å². The van der Waals surface area contributed by atoms with Gasteiger partial charge in [-0.25, -0.2) is 9.07 Å². The van der Waals surface area contributed by atoms with Crippen molar-refractivity contribution in [2.45, 2.75) is 20.4 Å². The molecule has 0 radical (unpaired) electrons. The zero-order valence-corrected chi connectivity index (χ0v) is 12.1. The highest BCUT2D eigenvalue weighted by molar-refractivity contribution is 5.80. The molecule has 2 N–H and O–H groups in total. The van der Waals surface area contributed by atoms with E-state index in [2.05, 4.69) is 5.10 Å². The lowest BCUT2D eigenvalue weighted by molar-refractivity contribution is 0.432. The Morgan fingerprint density at radius 3 is 2.64 bits per heavy atom. The quantitative estimate of drug-likeness (QED) is 0.755. The molecule has 7 heteroatoms. The van der Waals surface area contributed by atoms with Crippen molar-refractivity contribution in [2.24, 2.45) is 0 Å². The molecule has 0 aliphatic rings. The molecule has 0 saturated heterocycles.